The second-order valence-corrected chi connectivity index (χ2v) is 19.4. The molecule has 7 rings (SSSR count). The van der Waals surface area contributed by atoms with E-state index in [9.17, 15) is 27.6 Å². The van der Waals surface area contributed by atoms with Gasteiger partial charge >= 0.3 is 6.09 Å². The highest BCUT2D eigenvalue weighted by molar-refractivity contribution is 7.91. The van der Waals surface area contributed by atoms with Crippen LogP contribution >= 0.6 is 0 Å². The second kappa shape index (κ2) is 15.2. The number of alkyl carbamates (subject to hydrolysis) is 1. The SMILES string of the molecule is C=C[C@@H]1C[C@]1(NC(=O)[C@@H]1[C@H](CC)[C@@H]2CN1C(=O)[C@H](C(C)(C)C)NC(=O)O[C@@H]1C[C@H]1CCCCC(F)(F)c1nc3ccc(OC)cc3nc1O2)C(=O)NS(=O)(=O)C1CC1. The van der Waals surface area contributed by atoms with Crippen molar-refractivity contribution in [2.75, 3.05) is 13.7 Å². The molecular weight excluding hydrogens is 779 g/mol. The number of hydrogen-bond donors (Lipinski definition) is 3. The molecule has 2 bridgehead atoms. The maximum Gasteiger partial charge on any atom is 0.408 e. The molecule has 15 nitrogen and oxygen atoms in total. The van der Waals surface area contributed by atoms with E-state index in [1.165, 1.54) is 30.2 Å². The largest absolute Gasteiger partial charge is 0.497 e. The minimum absolute atomic E-state index is 0.0142. The van der Waals surface area contributed by atoms with Crippen molar-refractivity contribution < 1.29 is 50.6 Å². The normalized spacial score (nSPS) is 31.2. The van der Waals surface area contributed by atoms with Gasteiger partial charge in [0, 0.05) is 24.3 Å². The molecule has 4 amide bonds. The highest BCUT2D eigenvalue weighted by Crippen LogP contribution is 2.47. The van der Waals surface area contributed by atoms with Crippen molar-refractivity contribution in [3.8, 4) is 11.6 Å². The smallest absolute Gasteiger partial charge is 0.408 e. The fraction of sp³-hybridized carbons (Fsp3) is 0.650. The number of halogens is 2. The van der Waals surface area contributed by atoms with Crippen LogP contribution in [0.2, 0.25) is 0 Å². The minimum Gasteiger partial charge on any atom is -0.497 e. The van der Waals surface area contributed by atoms with E-state index in [-0.39, 0.29) is 42.8 Å². The summed E-state index contributed by atoms with van der Waals surface area (Å²) in [5.74, 6) is -7.43. The lowest BCUT2D eigenvalue weighted by atomic mass is 9.85. The van der Waals surface area contributed by atoms with Crippen molar-refractivity contribution in [1.82, 2.24) is 30.2 Å². The lowest BCUT2D eigenvalue weighted by molar-refractivity contribution is -0.143. The van der Waals surface area contributed by atoms with E-state index in [4.69, 9.17) is 14.2 Å². The Morgan fingerprint density at radius 1 is 1.10 bits per heavy atom. The second-order valence-electron chi connectivity index (χ2n) is 17.4. The summed E-state index contributed by atoms with van der Waals surface area (Å²) in [6.07, 6.45) is 1.31. The highest BCUT2D eigenvalue weighted by Gasteiger charge is 2.63. The van der Waals surface area contributed by atoms with Gasteiger partial charge in [0.2, 0.25) is 27.7 Å². The van der Waals surface area contributed by atoms with Crippen LogP contribution in [0.4, 0.5) is 13.6 Å². The molecule has 1 aromatic carbocycles. The molecule has 2 aromatic rings. The Hall–Kier alpha value is -4.61. The van der Waals surface area contributed by atoms with E-state index in [0.29, 0.717) is 37.9 Å². The van der Waals surface area contributed by atoms with E-state index >= 15 is 8.78 Å². The predicted octanol–water partition coefficient (Wildman–Crippen LogP) is 4.49. The van der Waals surface area contributed by atoms with Gasteiger partial charge in [0.05, 0.1) is 29.9 Å². The van der Waals surface area contributed by atoms with Gasteiger partial charge in [0.25, 0.3) is 11.8 Å². The fourth-order valence-electron chi connectivity index (χ4n) is 8.31. The van der Waals surface area contributed by atoms with Crippen LogP contribution in [0.25, 0.3) is 11.0 Å². The van der Waals surface area contributed by atoms with Gasteiger partial charge in [0.15, 0.2) is 5.69 Å². The molecule has 18 heteroatoms. The molecule has 3 aliphatic carbocycles. The average molecular weight is 831 g/mol. The molecule has 58 heavy (non-hydrogen) atoms. The summed E-state index contributed by atoms with van der Waals surface area (Å²) >= 11 is 0. The van der Waals surface area contributed by atoms with Crippen LogP contribution in [0.15, 0.2) is 30.9 Å². The number of carbonyl (C=O) groups excluding carboxylic acids is 4. The maximum atomic E-state index is 16.3. The summed E-state index contributed by atoms with van der Waals surface area (Å²) in [5, 5.41) is 4.80. The van der Waals surface area contributed by atoms with Crippen LogP contribution in [-0.2, 0) is 35.1 Å². The molecule has 2 aliphatic heterocycles. The first kappa shape index (κ1) is 41.5. The van der Waals surface area contributed by atoms with Gasteiger partial charge in [0.1, 0.15) is 35.6 Å². The molecule has 8 atom stereocenters. The number of sulfonamides is 1. The number of ether oxygens (including phenoxy) is 3. The summed E-state index contributed by atoms with van der Waals surface area (Å²) in [5.41, 5.74) is -2.87. The van der Waals surface area contributed by atoms with E-state index in [1.807, 2.05) is 0 Å². The Morgan fingerprint density at radius 2 is 1.84 bits per heavy atom. The number of hydrogen-bond acceptors (Lipinski definition) is 11. The van der Waals surface area contributed by atoms with Crippen molar-refractivity contribution in [3.63, 3.8) is 0 Å². The van der Waals surface area contributed by atoms with Gasteiger partial charge in [-0.3, -0.25) is 19.1 Å². The molecule has 0 unspecified atom stereocenters. The Morgan fingerprint density at radius 3 is 2.48 bits per heavy atom. The molecule has 3 saturated carbocycles. The monoisotopic (exact) mass is 830 g/mol. The van der Waals surface area contributed by atoms with Crippen LogP contribution in [0, 0.1) is 23.2 Å². The third-order valence-electron chi connectivity index (χ3n) is 12.1. The van der Waals surface area contributed by atoms with Crippen molar-refractivity contribution in [2.24, 2.45) is 23.2 Å². The van der Waals surface area contributed by atoms with Crippen molar-refractivity contribution in [1.29, 1.82) is 0 Å². The number of amides is 4. The highest BCUT2D eigenvalue weighted by atomic mass is 32.2. The molecule has 5 aliphatic rings. The summed E-state index contributed by atoms with van der Waals surface area (Å²) in [7, 11) is -2.53. The third-order valence-corrected chi connectivity index (χ3v) is 13.9. The van der Waals surface area contributed by atoms with Gasteiger partial charge in [-0.15, -0.1) is 6.58 Å². The topological polar surface area (TPSA) is 195 Å². The van der Waals surface area contributed by atoms with Gasteiger partial charge < -0.3 is 29.7 Å². The van der Waals surface area contributed by atoms with Gasteiger partial charge in [-0.1, -0.05) is 40.2 Å². The number of methoxy groups -OCH3 is 1. The van der Waals surface area contributed by atoms with Gasteiger partial charge in [-0.2, -0.15) is 8.78 Å². The summed E-state index contributed by atoms with van der Waals surface area (Å²) in [4.78, 5) is 66.7. The number of alkyl halides is 2. The molecule has 0 spiro atoms. The molecule has 316 valence electrons. The summed E-state index contributed by atoms with van der Waals surface area (Å²) in [6, 6.07) is 2.06. The molecule has 4 fully saturated rings. The molecule has 3 heterocycles. The number of rotatable bonds is 8. The Kier molecular flexibility index (Phi) is 10.9. The van der Waals surface area contributed by atoms with Gasteiger partial charge in [-0.05, 0) is 68.4 Å². The number of carbonyl (C=O) groups is 4. The fourth-order valence-corrected chi connectivity index (χ4v) is 9.68. The standard InChI is InChI=1S/C40H52F2N6O9S/c1-7-22-19-39(22,36(51)47-58(53,54)24-13-14-24)46-33(49)30-25(8-2)29-20-48(30)35(50)32(38(3,4)5)45-37(52)57-28-17-21(28)11-9-10-16-40(41,42)31-34(56-29)44-27-18-23(55-6)12-15-26(27)43-31/h7,12,15,18,21-22,24-25,28-30,32H,1,8-11,13-14,16-17,19-20H2,2-6H3,(H,45,52)(H,46,49)(H,47,51)/t21-,22-,25-,28-,29+,30+,32-,39-/m1/s1. The van der Waals surface area contributed by atoms with Crippen LogP contribution in [-0.4, -0.2) is 95.8 Å². The molecule has 1 aromatic heterocycles. The Bertz CT molecular complexity index is 2110. The third kappa shape index (κ3) is 8.17. The lowest BCUT2D eigenvalue weighted by Gasteiger charge is -2.36. The first-order valence-electron chi connectivity index (χ1n) is 20.0. The van der Waals surface area contributed by atoms with E-state index < -0.39 is 110 Å². The molecule has 1 saturated heterocycles. The summed E-state index contributed by atoms with van der Waals surface area (Å²) < 4.78 is 77.9. The zero-order chi connectivity index (χ0) is 41.9. The van der Waals surface area contributed by atoms with Crippen LogP contribution in [0.5, 0.6) is 11.6 Å². The Balaban J connectivity index is 1.30. The molecule has 3 N–H and O–H groups in total. The molecular formula is C40H52F2N6O9S. The van der Waals surface area contributed by atoms with Crippen molar-refractivity contribution >= 4 is 44.9 Å². The summed E-state index contributed by atoms with van der Waals surface area (Å²) in [6.45, 7) is 10.4. The van der Waals surface area contributed by atoms with Crippen molar-refractivity contribution in [3.05, 3.63) is 36.5 Å². The zero-order valence-corrected chi connectivity index (χ0v) is 34.2. The van der Waals surface area contributed by atoms with Crippen molar-refractivity contribution in [2.45, 2.75) is 126 Å². The first-order chi connectivity index (χ1) is 27.3. The van der Waals surface area contributed by atoms with Gasteiger partial charge in [-0.25, -0.2) is 23.2 Å². The number of aromatic nitrogens is 2. The maximum absolute atomic E-state index is 16.3. The van der Waals surface area contributed by atoms with Crippen LogP contribution < -0.4 is 24.8 Å². The average Bonchev–Trinajstić information content (AvgIpc) is 4.08. The number of nitrogens with zero attached hydrogens (tertiary/aromatic N) is 3. The zero-order valence-electron chi connectivity index (χ0n) is 33.4. The Labute approximate surface area is 336 Å². The lowest BCUT2D eigenvalue weighted by Crippen LogP contribution is -2.61. The number of fused-ring (bicyclic) bond motifs is 5. The van der Waals surface area contributed by atoms with E-state index in [2.05, 4.69) is 31.9 Å². The number of benzene rings is 1. The quantitative estimate of drug-likeness (QED) is 0.318. The minimum atomic E-state index is -3.99. The van der Waals surface area contributed by atoms with Crippen LogP contribution in [0.3, 0.4) is 0 Å². The van der Waals surface area contributed by atoms with E-state index in [0.717, 1.165) is 0 Å². The number of nitrogens with one attached hydrogen (secondary N) is 3. The predicted molar refractivity (Wildman–Crippen MR) is 206 cm³/mol. The van der Waals surface area contributed by atoms with E-state index in [1.54, 1.807) is 33.8 Å². The van der Waals surface area contributed by atoms with Crippen LogP contribution in [0.1, 0.15) is 91.2 Å². The molecule has 0 radical (unpaired) electrons. The first-order valence-corrected chi connectivity index (χ1v) is 21.6.